The van der Waals surface area contributed by atoms with Crippen molar-refractivity contribution in [2.75, 3.05) is 13.2 Å². The van der Waals surface area contributed by atoms with Crippen molar-refractivity contribution in [3.8, 4) is 0 Å². The summed E-state index contributed by atoms with van der Waals surface area (Å²) in [5, 5.41) is 0. The van der Waals surface area contributed by atoms with E-state index in [9.17, 15) is 4.79 Å². The number of hydrogen-bond acceptors (Lipinski definition) is 3. The molecule has 0 aromatic rings. The topological polar surface area (TPSA) is 35.5 Å². The lowest BCUT2D eigenvalue weighted by atomic mass is 9.86. The fraction of sp³-hybridized carbons (Fsp3) is 0.944. The maximum atomic E-state index is 11.7. The molecule has 2 fully saturated rings. The SMILES string of the molecule is CCOC(=O)C1CCC(OCCCC2CCCCC2)CC1. The fourth-order valence-corrected chi connectivity index (χ4v) is 3.82. The highest BCUT2D eigenvalue weighted by atomic mass is 16.5. The van der Waals surface area contributed by atoms with Crippen LogP contribution in [0.2, 0.25) is 0 Å². The van der Waals surface area contributed by atoms with Gasteiger partial charge in [0.1, 0.15) is 0 Å². The van der Waals surface area contributed by atoms with Crippen LogP contribution >= 0.6 is 0 Å². The second kappa shape index (κ2) is 9.45. The average molecular weight is 296 g/mol. The molecule has 0 aromatic carbocycles. The summed E-state index contributed by atoms with van der Waals surface area (Å²) in [6.45, 7) is 3.28. The summed E-state index contributed by atoms with van der Waals surface area (Å²) >= 11 is 0. The van der Waals surface area contributed by atoms with Crippen LogP contribution in [0.3, 0.4) is 0 Å². The van der Waals surface area contributed by atoms with Crippen molar-refractivity contribution in [2.45, 2.75) is 83.7 Å². The molecule has 2 aliphatic rings. The first-order valence-electron chi connectivity index (χ1n) is 9.07. The summed E-state index contributed by atoms with van der Waals surface area (Å²) in [6.07, 6.45) is 14.0. The lowest BCUT2D eigenvalue weighted by Gasteiger charge is -2.27. The van der Waals surface area contributed by atoms with Crippen LogP contribution in [0.4, 0.5) is 0 Å². The minimum atomic E-state index is -0.00625. The zero-order chi connectivity index (χ0) is 14.9. The van der Waals surface area contributed by atoms with E-state index >= 15 is 0 Å². The minimum absolute atomic E-state index is 0.00625. The van der Waals surface area contributed by atoms with Crippen LogP contribution in [0.5, 0.6) is 0 Å². The average Bonchev–Trinajstić information content (AvgIpc) is 2.53. The highest BCUT2D eigenvalue weighted by Gasteiger charge is 2.27. The first kappa shape index (κ1) is 16.8. The summed E-state index contributed by atoms with van der Waals surface area (Å²) in [5.41, 5.74) is 0. The van der Waals surface area contributed by atoms with Crippen LogP contribution in [0.25, 0.3) is 0 Å². The van der Waals surface area contributed by atoms with E-state index in [0.29, 0.717) is 12.7 Å². The van der Waals surface area contributed by atoms with Crippen molar-refractivity contribution in [3.63, 3.8) is 0 Å². The summed E-state index contributed by atoms with van der Waals surface area (Å²) in [4.78, 5) is 11.7. The van der Waals surface area contributed by atoms with E-state index in [1.807, 2.05) is 6.92 Å². The predicted octanol–water partition coefficient (Wildman–Crippen LogP) is 4.49. The van der Waals surface area contributed by atoms with Gasteiger partial charge in [-0.3, -0.25) is 4.79 Å². The van der Waals surface area contributed by atoms with E-state index in [2.05, 4.69) is 0 Å². The third kappa shape index (κ3) is 5.98. The molecule has 0 unspecified atom stereocenters. The van der Waals surface area contributed by atoms with Crippen molar-refractivity contribution in [3.05, 3.63) is 0 Å². The maximum Gasteiger partial charge on any atom is 0.308 e. The predicted molar refractivity (Wildman–Crippen MR) is 84.1 cm³/mol. The first-order chi connectivity index (χ1) is 10.3. The molecule has 0 saturated heterocycles. The number of carbonyl (C=O) groups excluding carboxylic acids is 1. The molecule has 0 heterocycles. The van der Waals surface area contributed by atoms with E-state index in [1.165, 1.54) is 44.9 Å². The van der Waals surface area contributed by atoms with Crippen LogP contribution in [-0.4, -0.2) is 25.3 Å². The van der Waals surface area contributed by atoms with Crippen LogP contribution in [0.15, 0.2) is 0 Å². The highest BCUT2D eigenvalue weighted by molar-refractivity contribution is 5.72. The molecule has 2 saturated carbocycles. The zero-order valence-corrected chi connectivity index (χ0v) is 13.6. The summed E-state index contributed by atoms with van der Waals surface area (Å²) in [5.74, 6) is 1.07. The summed E-state index contributed by atoms with van der Waals surface area (Å²) in [7, 11) is 0. The third-order valence-corrected chi connectivity index (χ3v) is 5.13. The number of hydrogen-bond donors (Lipinski definition) is 0. The lowest BCUT2D eigenvalue weighted by Crippen LogP contribution is -2.27. The van der Waals surface area contributed by atoms with Gasteiger partial charge in [-0.25, -0.2) is 0 Å². The molecule has 2 rings (SSSR count). The van der Waals surface area contributed by atoms with Gasteiger partial charge >= 0.3 is 5.97 Å². The zero-order valence-electron chi connectivity index (χ0n) is 13.6. The standard InChI is InChI=1S/C18H32O3/c1-2-20-18(19)16-10-12-17(13-11-16)21-14-6-9-15-7-4-3-5-8-15/h15-17H,2-14H2,1H3. The lowest BCUT2D eigenvalue weighted by molar-refractivity contribution is -0.150. The van der Waals surface area contributed by atoms with E-state index in [1.54, 1.807) is 0 Å². The second-order valence-electron chi connectivity index (χ2n) is 6.74. The number of esters is 1. The molecule has 0 aliphatic heterocycles. The largest absolute Gasteiger partial charge is 0.466 e. The molecule has 3 nitrogen and oxygen atoms in total. The van der Waals surface area contributed by atoms with Crippen LogP contribution in [-0.2, 0) is 14.3 Å². The van der Waals surface area contributed by atoms with Gasteiger partial charge in [0, 0.05) is 6.61 Å². The van der Waals surface area contributed by atoms with Crippen molar-refractivity contribution in [2.24, 2.45) is 11.8 Å². The Morgan fingerprint density at radius 1 is 1.00 bits per heavy atom. The molecule has 3 heteroatoms. The van der Waals surface area contributed by atoms with E-state index in [0.717, 1.165) is 38.2 Å². The Kier molecular flexibility index (Phi) is 7.56. The molecule has 0 spiro atoms. The molecule has 2 aliphatic carbocycles. The Morgan fingerprint density at radius 2 is 1.71 bits per heavy atom. The van der Waals surface area contributed by atoms with Gasteiger partial charge in [0.2, 0.25) is 0 Å². The summed E-state index contributed by atoms with van der Waals surface area (Å²) in [6, 6.07) is 0. The second-order valence-corrected chi connectivity index (χ2v) is 6.74. The Labute approximate surface area is 129 Å². The maximum absolute atomic E-state index is 11.7. The summed E-state index contributed by atoms with van der Waals surface area (Å²) < 4.78 is 11.1. The van der Waals surface area contributed by atoms with Gasteiger partial charge in [0.15, 0.2) is 0 Å². The first-order valence-corrected chi connectivity index (χ1v) is 9.07. The van der Waals surface area contributed by atoms with Gasteiger partial charge < -0.3 is 9.47 Å². The quantitative estimate of drug-likeness (QED) is 0.513. The molecule has 0 aromatic heterocycles. The Hall–Kier alpha value is -0.570. The molecular formula is C18H32O3. The number of ether oxygens (including phenoxy) is 2. The highest BCUT2D eigenvalue weighted by Crippen LogP contribution is 2.29. The van der Waals surface area contributed by atoms with Gasteiger partial charge in [0.25, 0.3) is 0 Å². The van der Waals surface area contributed by atoms with Gasteiger partial charge in [-0.05, 0) is 51.4 Å². The molecule has 21 heavy (non-hydrogen) atoms. The fourth-order valence-electron chi connectivity index (χ4n) is 3.82. The van der Waals surface area contributed by atoms with Crippen molar-refractivity contribution >= 4 is 5.97 Å². The molecular weight excluding hydrogens is 264 g/mol. The Balaban J connectivity index is 1.51. The minimum Gasteiger partial charge on any atom is -0.466 e. The Morgan fingerprint density at radius 3 is 2.38 bits per heavy atom. The van der Waals surface area contributed by atoms with Crippen LogP contribution < -0.4 is 0 Å². The number of carbonyl (C=O) groups is 1. The number of rotatable bonds is 7. The van der Waals surface area contributed by atoms with E-state index < -0.39 is 0 Å². The van der Waals surface area contributed by atoms with Gasteiger partial charge in [-0.15, -0.1) is 0 Å². The molecule has 0 bridgehead atoms. The molecule has 0 N–H and O–H groups in total. The van der Waals surface area contributed by atoms with Gasteiger partial charge in [0.05, 0.1) is 18.6 Å². The monoisotopic (exact) mass is 296 g/mol. The Bertz CT molecular complexity index is 289. The van der Waals surface area contributed by atoms with Crippen LogP contribution in [0, 0.1) is 11.8 Å². The normalized spacial score (nSPS) is 27.5. The van der Waals surface area contributed by atoms with E-state index in [4.69, 9.17) is 9.47 Å². The van der Waals surface area contributed by atoms with Crippen molar-refractivity contribution < 1.29 is 14.3 Å². The van der Waals surface area contributed by atoms with E-state index in [-0.39, 0.29) is 11.9 Å². The molecule has 0 atom stereocenters. The van der Waals surface area contributed by atoms with Gasteiger partial charge in [-0.2, -0.15) is 0 Å². The smallest absolute Gasteiger partial charge is 0.308 e. The molecule has 0 amide bonds. The van der Waals surface area contributed by atoms with Crippen molar-refractivity contribution in [1.82, 2.24) is 0 Å². The van der Waals surface area contributed by atoms with Gasteiger partial charge in [-0.1, -0.05) is 32.1 Å². The molecule has 0 radical (unpaired) electrons. The molecule has 122 valence electrons. The van der Waals surface area contributed by atoms with Crippen molar-refractivity contribution in [1.29, 1.82) is 0 Å². The van der Waals surface area contributed by atoms with Crippen LogP contribution in [0.1, 0.15) is 77.6 Å². The third-order valence-electron chi connectivity index (χ3n) is 5.13.